The molecule has 0 saturated carbocycles. The maximum absolute atomic E-state index is 5.30. The molecule has 0 N–H and O–H groups in total. The Morgan fingerprint density at radius 3 is 2.71 bits per heavy atom. The van der Waals surface area contributed by atoms with Gasteiger partial charge in [-0.05, 0) is 30.5 Å². The van der Waals surface area contributed by atoms with E-state index in [0.717, 1.165) is 23.4 Å². The van der Waals surface area contributed by atoms with Crippen molar-refractivity contribution in [3.05, 3.63) is 47.8 Å². The Morgan fingerprint density at radius 1 is 1.18 bits per heavy atom. The number of aryl methyl sites for hydroxylation is 2. The van der Waals surface area contributed by atoms with E-state index in [-0.39, 0.29) is 0 Å². The maximum Gasteiger partial charge on any atom is 0.140 e. The fourth-order valence-electron chi connectivity index (χ4n) is 1.85. The van der Waals surface area contributed by atoms with Crippen LogP contribution >= 0.6 is 0 Å². The minimum absolute atomic E-state index is 0.837. The van der Waals surface area contributed by atoms with Crippen molar-refractivity contribution in [2.24, 2.45) is 0 Å². The summed E-state index contributed by atoms with van der Waals surface area (Å²) in [4.78, 5) is 4.36. The lowest BCUT2D eigenvalue weighted by atomic mass is 10.0. The van der Waals surface area contributed by atoms with Gasteiger partial charge in [-0.2, -0.15) is 0 Å². The van der Waals surface area contributed by atoms with Crippen molar-refractivity contribution in [2.45, 2.75) is 20.3 Å². The zero-order chi connectivity index (χ0) is 12.3. The van der Waals surface area contributed by atoms with Crippen LogP contribution in [0.5, 0.6) is 5.75 Å². The quantitative estimate of drug-likeness (QED) is 0.798. The molecule has 0 aliphatic carbocycles. The van der Waals surface area contributed by atoms with E-state index in [1.54, 1.807) is 7.11 Å². The number of rotatable bonds is 3. The minimum atomic E-state index is 0.837. The van der Waals surface area contributed by atoms with E-state index in [2.05, 4.69) is 36.2 Å². The monoisotopic (exact) mass is 227 g/mol. The van der Waals surface area contributed by atoms with Crippen molar-refractivity contribution in [1.82, 2.24) is 4.98 Å². The second-order valence-electron chi connectivity index (χ2n) is 4.07. The molecule has 0 amide bonds. The summed E-state index contributed by atoms with van der Waals surface area (Å²) >= 11 is 0. The minimum Gasteiger partial charge on any atom is -0.495 e. The van der Waals surface area contributed by atoms with Gasteiger partial charge in [-0.1, -0.05) is 31.2 Å². The van der Waals surface area contributed by atoms with Crippen LogP contribution in [0.1, 0.15) is 18.2 Å². The molecule has 0 aliphatic heterocycles. The molecule has 1 aromatic heterocycles. The van der Waals surface area contributed by atoms with Gasteiger partial charge < -0.3 is 4.74 Å². The average Bonchev–Trinajstić information content (AvgIpc) is 2.39. The van der Waals surface area contributed by atoms with Crippen LogP contribution in [0.15, 0.2) is 36.5 Å². The van der Waals surface area contributed by atoms with Crippen LogP contribution in [0, 0.1) is 6.92 Å². The van der Waals surface area contributed by atoms with Crippen molar-refractivity contribution in [1.29, 1.82) is 0 Å². The Morgan fingerprint density at radius 2 is 2.00 bits per heavy atom. The first kappa shape index (κ1) is 11.6. The molecule has 0 aliphatic rings. The lowest BCUT2D eigenvalue weighted by Crippen LogP contribution is -1.91. The van der Waals surface area contributed by atoms with Crippen molar-refractivity contribution in [3.63, 3.8) is 0 Å². The summed E-state index contributed by atoms with van der Waals surface area (Å²) in [6.45, 7) is 4.11. The number of hydrogen-bond acceptors (Lipinski definition) is 2. The first-order chi connectivity index (χ1) is 8.24. The number of hydrogen-bond donors (Lipinski definition) is 0. The highest BCUT2D eigenvalue weighted by Gasteiger charge is 2.04. The summed E-state index contributed by atoms with van der Waals surface area (Å²) < 4.78 is 5.30. The van der Waals surface area contributed by atoms with Crippen molar-refractivity contribution >= 4 is 0 Å². The Kier molecular flexibility index (Phi) is 3.43. The summed E-state index contributed by atoms with van der Waals surface area (Å²) in [5, 5.41) is 0. The third kappa shape index (κ3) is 2.47. The molecule has 2 aromatic rings. The standard InChI is InChI=1S/C15H17NO/c1-4-12-6-5-7-13(8-12)14-9-15(17-3)11(2)16-10-14/h5-10H,4H2,1-3H3. The molecule has 88 valence electrons. The fraction of sp³-hybridized carbons (Fsp3) is 0.267. The highest BCUT2D eigenvalue weighted by atomic mass is 16.5. The maximum atomic E-state index is 5.30. The van der Waals surface area contributed by atoms with Crippen molar-refractivity contribution < 1.29 is 4.74 Å². The molecule has 0 spiro atoms. The summed E-state index contributed by atoms with van der Waals surface area (Å²) in [6.07, 6.45) is 2.94. The molecule has 0 fully saturated rings. The zero-order valence-electron chi connectivity index (χ0n) is 10.5. The summed E-state index contributed by atoms with van der Waals surface area (Å²) in [6, 6.07) is 10.6. The lowest BCUT2D eigenvalue weighted by Gasteiger charge is -2.08. The highest BCUT2D eigenvalue weighted by Crippen LogP contribution is 2.25. The highest BCUT2D eigenvalue weighted by molar-refractivity contribution is 5.65. The molecule has 1 heterocycles. The second-order valence-corrected chi connectivity index (χ2v) is 4.07. The van der Waals surface area contributed by atoms with E-state index in [0.29, 0.717) is 0 Å². The Labute approximate surface area is 102 Å². The smallest absolute Gasteiger partial charge is 0.140 e. The van der Waals surface area contributed by atoms with Gasteiger partial charge in [-0.25, -0.2) is 0 Å². The molecule has 0 atom stereocenters. The molecule has 1 aromatic carbocycles. The van der Waals surface area contributed by atoms with Gasteiger partial charge in [0.15, 0.2) is 0 Å². The van der Waals surface area contributed by atoms with E-state index in [4.69, 9.17) is 4.74 Å². The van der Waals surface area contributed by atoms with E-state index < -0.39 is 0 Å². The van der Waals surface area contributed by atoms with Gasteiger partial charge in [0.05, 0.1) is 12.8 Å². The summed E-state index contributed by atoms with van der Waals surface area (Å²) in [5.41, 5.74) is 4.54. The predicted molar refractivity (Wildman–Crippen MR) is 70.3 cm³/mol. The van der Waals surface area contributed by atoms with Crippen LogP contribution in [-0.2, 0) is 6.42 Å². The molecule has 17 heavy (non-hydrogen) atoms. The number of methoxy groups -OCH3 is 1. The number of pyridine rings is 1. The molecular weight excluding hydrogens is 210 g/mol. The van der Waals surface area contributed by atoms with Crippen molar-refractivity contribution in [2.75, 3.05) is 7.11 Å². The molecular formula is C15H17NO. The Balaban J connectivity index is 2.45. The van der Waals surface area contributed by atoms with Crippen LogP contribution in [0.3, 0.4) is 0 Å². The normalized spacial score (nSPS) is 10.3. The number of benzene rings is 1. The van der Waals surface area contributed by atoms with Gasteiger partial charge in [0.1, 0.15) is 5.75 Å². The predicted octanol–water partition coefficient (Wildman–Crippen LogP) is 3.63. The summed E-state index contributed by atoms with van der Waals surface area (Å²) in [5.74, 6) is 0.837. The molecule has 2 nitrogen and oxygen atoms in total. The van der Waals surface area contributed by atoms with Gasteiger partial charge in [-0.15, -0.1) is 0 Å². The first-order valence-electron chi connectivity index (χ1n) is 5.84. The van der Waals surface area contributed by atoms with Crippen LogP contribution < -0.4 is 4.74 Å². The van der Waals surface area contributed by atoms with Gasteiger partial charge >= 0.3 is 0 Å². The third-order valence-corrected chi connectivity index (χ3v) is 2.93. The summed E-state index contributed by atoms with van der Waals surface area (Å²) in [7, 11) is 1.68. The van der Waals surface area contributed by atoms with E-state index in [9.17, 15) is 0 Å². The Hall–Kier alpha value is -1.83. The fourth-order valence-corrected chi connectivity index (χ4v) is 1.85. The van der Waals surface area contributed by atoms with Crippen LogP contribution in [0.25, 0.3) is 11.1 Å². The molecule has 0 bridgehead atoms. The zero-order valence-corrected chi connectivity index (χ0v) is 10.5. The molecule has 2 rings (SSSR count). The van der Waals surface area contributed by atoms with Crippen LogP contribution in [0.4, 0.5) is 0 Å². The van der Waals surface area contributed by atoms with Crippen LogP contribution in [-0.4, -0.2) is 12.1 Å². The molecule has 0 radical (unpaired) electrons. The molecule has 2 heteroatoms. The lowest BCUT2D eigenvalue weighted by molar-refractivity contribution is 0.409. The second kappa shape index (κ2) is 5.00. The molecule has 0 unspecified atom stereocenters. The largest absolute Gasteiger partial charge is 0.495 e. The van der Waals surface area contributed by atoms with Crippen molar-refractivity contribution in [3.8, 4) is 16.9 Å². The van der Waals surface area contributed by atoms with Gasteiger partial charge in [0, 0.05) is 11.8 Å². The van der Waals surface area contributed by atoms with Crippen LogP contribution in [0.2, 0.25) is 0 Å². The topological polar surface area (TPSA) is 22.1 Å². The first-order valence-corrected chi connectivity index (χ1v) is 5.84. The number of nitrogens with zero attached hydrogens (tertiary/aromatic N) is 1. The van der Waals surface area contributed by atoms with E-state index in [1.807, 2.05) is 19.2 Å². The Bertz CT molecular complexity index is 520. The van der Waals surface area contributed by atoms with E-state index >= 15 is 0 Å². The van der Waals surface area contributed by atoms with Gasteiger partial charge in [0.25, 0.3) is 0 Å². The number of ether oxygens (including phenoxy) is 1. The van der Waals surface area contributed by atoms with E-state index in [1.165, 1.54) is 11.1 Å². The SMILES string of the molecule is CCc1cccc(-c2cnc(C)c(OC)c2)c1. The molecule has 0 saturated heterocycles. The number of aromatic nitrogens is 1. The van der Waals surface area contributed by atoms with Gasteiger partial charge in [0.2, 0.25) is 0 Å². The third-order valence-electron chi connectivity index (χ3n) is 2.93. The average molecular weight is 227 g/mol. The van der Waals surface area contributed by atoms with Gasteiger partial charge in [-0.3, -0.25) is 4.98 Å².